The highest BCUT2D eigenvalue weighted by atomic mass is 32.2. The Hall–Kier alpha value is -2.00. The molecule has 120 valence electrons. The molecule has 1 N–H and O–H groups in total. The van der Waals surface area contributed by atoms with E-state index in [2.05, 4.69) is 35.7 Å². The standard InChI is InChI=1S/C20H23NOS/c1-15-11-12-16(2)19(14-15)21-20(22)17(3)23-13-7-10-18-8-5-4-6-9-18/h4-12,14,17H,13H2,1-3H3,(H,21,22)/b10-7+. The van der Waals surface area contributed by atoms with Crippen LogP contribution in [0.2, 0.25) is 0 Å². The van der Waals surface area contributed by atoms with Gasteiger partial charge in [-0.05, 0) is 43.5 Å². The molecule has 2 rings (SSSR count). The van der Waals surface area contributed by atoms with Crippen molar-refractivity contribution in [3.8, 4) is 0 Å². The summed E-state index contributed by atoms with van der Waals surface area (Å²) in [4.78, 5) is 12.3. The molecule has 1 amide bonds. The Bertz CT molecular complexity index is 679. The Balaban J connectivity index is 1.83. The van der Waals surface area contributed by atoms with Gasteiger partial charge in [0.2, 0.25) is 5.91 Å². The number of anilines is 1. The first-order chi connectivity index (χ1) is 11.1. The third-order valence-corrected chi connectivity index (χ3v) is 4.67. The molecule has 0 aliphatic carbocycles. The summed E-state index contributed by atoms with van der Waals surface area (Å²) >= 11 is 1.63. The zero-order valence-electron chi connectivity index (χ0n) is 13.9. The van der Waals surface area contributed by atoms with Crippen LogP contribution >= 0.6 is 11.8 Å². The van der Waals surface area contributed by atoms with Gasteiger partial charge in [-0.2, -0.15) is 0 Å². The number of carbonyl (C=O) groups excluding carboxylic acids is 1. The first-order valence-electron chi connectivity index (χ1n) is 7.77. The lowest BCUT2D eigenvalue weighted by molar-refractivity contribution is -0.115. The fourth-order valence-electron chi connectivity index (χ4n) is 2.13. The van der Waals surface area contributed by atoms with Crippen molar-refractivity contribution in [3.63, 3.8) is 0 Å². The minimum atomic E-state index is -0.0877. The van der Waals surface area contributed by atoms with E-state index in [1.807, 2.05) is 51.1 Å². The molecule has 0 aliphatic heterocycles. The summed E-state index contributed by atoms with van der Waals surface area (Å²) in [5.41, 5.74) is 4.32. The predicted octanol–water partition coefficient (Wildman–Crippen LogP) is 5.08. The van der Waals surface area contributed by atoms with Gasteiger partial charge in [-0.3, -0.25) is 4.79 Å². The van der Waals surface area contributed by atoms with Crippen molar-refractivity contribution in [2.45, 2.75) is 26.0 Å². The second kappa shape index (κ2) is 8.59. The lowest BCUT2D eigenvalue weighted by Crippen LogP contribution is -2.23. The molecule has 0 saturated carbocycles. The topological polar surface area (TPSA) is 29.1 Å². The zero-order valence-corrected chi connectivity index (χ0v) is 14.7. The lowest BCUT2D eigenvalue weighted by atomic mass is 10.1. The van der Waals surface area contributed by atoms with E-state index in [0.717, 1.165) is 22.6 Å². The van der Waals surface area contributed by atoms with Crippen molar-refractivity contribution >= 4 is 29.4 Å². The van der Waals surface area contributed by atoms with Crippen molar-refractivity contribution in [1.82, 2.24) is 0 Å². The Morgan fingerprint density at radius 3 is 2.65 bits per heavy atom. The summed E-state index contributed by atoms with van der Waals surface area (Å²) in [6.45, 7) is 5.98. The van der Waals surface area contributed by atoms with Crippen LogP contribution in [0.5, 0.6) is 0 Å². The highest BCUT2D eigenvalue weighted by Crippen LogP contribution is 2.19. The van der Waals surface area contributed by atoms with E-state index in [1.54, 1.807) is 11.8 Å². The minimum Gasteiger partial charge on any atom is -0.325 e. The van der Waals surface area contributed by atoms with Crippen LogP contribution in [0.1, 0.15) is 23.6 Å². The van der Waals surface area contributed by atoms with Crippen LogP contribution in [-0.2, 0) is 4.79 Å². The Labute approximate surface area is 143 Å². The molecular formula is C20H23NOS. The molecule has 0 heterocycles. The van der Waals surface area contributed by atoms with Gasteiger partial charge in [-0.1, -0.05) is 54.6 Å². The van der Waals surface area contributed by atoms with E-state index in [4.69, 9.17) is 0 Å². The average Bonchev–Trinajstić information content (AvgIpc) is 2.55. The number of aryl methyl sites for hydroxylation is 2. The number of rotatable bonds is 6. The molecule has 0 spiro atoms. The molecule has 2 aromatic rings. The van der Waals surface area contributed by atoms with E-state index in [-0.39, 0.29) is 11.2 Å². The first-order valence-corrected chi connectivity index (χ1v) is 8.82. The number of hydrogen-bond acceptors (Lipinski definition) is 2. The summed E-state index contributed by atoms with van der Waals surface area (Å²) in [6.07, 6.45) is 4.18. The summed E-state index contributed by atoms with van der Waals surface area (Å²) in [5, 5.41) is 2.94. The third-order valence-electron chi connectivity index (χ3n) is 3.57. The maximum Gasteiger partial charge on any atom is 0.237 e. The maximum absolute atomic E-state index is 12.3. The van der Waals surface area contributed by atoms with Gasteiger partial charge in [0.1, 0.15) is 0 Å². The highest BCUT2D eigenvalue weighted by molar-refractivity contribution is 8.00. The summed E-state index contributed by atoms with van der Waals surface area (Å²) in [5.74, 6) is 0.868. The molecule has 0 aromatic heterocycles. The van der Waals surface area contributed by atoms with Gasteiger partial charge < -0.3 is 5.32 Å². The van der Waals surface area contributed by atoms with Gasteiger partial charge in [0, 0.05) is 11.4 Å². The zero-order chi connectivity index (χ0) is 16.7. The van der Waals surface area contributed by atoms with Crippen molar-refractivity contribution in [1.29, 1.82) is 0 Å². The van der Waals surface area contributed by atoms with Gasteiger partial charge in [-0.15, -0.1) is 11.8 Å². The SMILES string of the molecule is Cc1ccc(C)c(NC(=O)C(C)SC/C=C/c2ccccc2)c1. The van der Waals surface area contributed by atoms with Gasteiger partial charge >= 0.3 is 0 Å². The van der Waals surface area contributed by atoms with Crippen molar-refractivity contribution in [2.24, 2.45) is 0 Å². The first kappa shape index (κ1) is 17.4. The van der Waals surface area contributed by atoms with E-state index in [9.17, 15) is 4.79 Å². The van der Waals surface area contributed by atoms with Gasteiger partial charge in [-0.25, -0.2) is 0 Å². The minimum absolute atomic E-state index is 0.0526. The molecule has 0 fully saturated rings. The van der Waals surface area contributed by atoms with Crippen LogP contribution in [0.25, 0.3) is 6.08 Å². The molecule has 0 aliphatic rings. The third kappa shape index (κ3) is 5.61. The molecule has 3 heteroatoms. The van der Waals surface area contributed by atoms with Crippen molar-refractivity contribution < 1.29 is 4.79 Å². The quantitative estimate of drug-likeness (QED) is 0.802. The monoisotopic (exact) mass is 325 g/mol. The highest BCUT2D eigenvalue weighted by Gasteiger charge is 2.13. The van der Waals surface area contributed by atoms with Gasteiger partial charge in [0.15, 0.2) is 0 Å². The largest absolute Gasteiger partial charge is 0.325 e. The lowest BCUT2D eigenvalue weighted by Gasteiger charge is -2.13. The number of thioether (sulfide) groups is 1. The Morgan fingerprint density at radius 2 is 1.91 bits per heavy atom. The van der Waals surface area contributed by atoms with Crippen molar-refractivity contribution in [3.05, 3.63) is 71.3 Å². The summed E-state index contributed by atoms with van der Waals surface area (Å²) in [6, 6.07) is 16.3. The number of nitrogens with one attached hydrogen (secondary N) is 1. The molecule has 2 aromatic carbocycles. The van der Waals surface area contributed by atoms with E-state index < -0.39 is 0 Å². The molecule has 0 saturated heterocycles. The normalized spacial score (nSPS) is 12.3. The van der Waals surface area contributed by atoms with Crippen LogP contribution in [0.3, 0.4) is 0 Å². The molecule has 2 nitrogen and oxygen atoms in total. The van der Waals surface area contributed by atoms with Crippen LogP contribution in [0.4, 0.5) is 5.69 Å². The molecule has 23 heavy (non-hydrogen) atoms. The maximum atomic E-state index is 12.3. The average molecular weight is 325 g/mol. The summed E-state index contributed by atoms with van der Waals surface area (Å²) < 4.78 is 0. The number of benzene rings is 2. The molecule has 1 atom stereocenters. The van der Waals surface area contributed by atoms with E-state index in [1.165, 1.54) is 5.56 Å². The van der Waals surface area contributed by atoms with E-state index >= 15 is 0 Å². The molecular weight excluding hydrogens is 302 g/mol. The number of hydrogen-bond donors (Lipinski definition) is 1. The molecule has 1 unspecified atom stereocenters. The van der Waals surface area contributed by atoms with Gasteiger partial charge in [0.25, 0.3) is 0 Å². The van der Waals surface area contributed by atoms with Gasteiger partial charge in [0.05, 0.1) is 5.25 Å². The van der Waals surface area contributed by atoms with Crippen LogP contribution in [0, 0.1) is 13.8 Å². The summed E-state index contributed by atoms with van der Waals surface area (Å²) in [7, 11) is 0. The van der Waals surface area contributed by atoms with Crippen LogP contribution < -0.4 is 5.32 Å². The smallest absolute Gasteiger partial charge is 0.237 e. The van der Waals surface area contributed by atoms with E-state index in [0.29, 0.717) is 0 Å². The number of amides is 1. The second-order valence-electron chi connectivity index (χ2n) is 5.60. The fraction of sp³-hybridized carbons (Fsp3) is 0.250. The predicted molar refractivity (Wildman–Crippen MR) is 102 cm³/mol. The Morgan fingerprint density at radius 1 is 1.17 bits per heavy atom. The van der Waals surface area contributed by atoms with Crippen LogP contribution in [0.15, 0.2) is 54.6 Å². The molecule has 0 radical (unpaired) electrons. The molecule has 0 bridgehead atoms. The second-order valence-corrected chi connectivity index (χ2v) is 6.97. The van der Waals surface area contributed by atoms with Crippen LogP contribution in [-0.4, -0.2) is 16.9 Å². The van der Waals surface area contributed by atoms with Crippen molar-refractivity contribution in [2.75, 3.05) is 11.1 Å². The fourth-order valence-corrected chi connectivity index (χ4v) is 2.84. The Kier molecular flexibility index (Phi) is 6.48. The number of carbonyl (C=O) groups is 1.